The van der Waals surface area contributed by atoms with Gasteiger partial charge in [-0.1, -0.05) is 5.16 Å². The second kappa shape index (κ2) is 6.99. The SMILES string of the molecule is CN1CCNCC1c1noc(/C=C/c2ccsc2)n1.Cl. The molecule has 1 aliphatic heterocycles. The van der Waals surface area contributed by atoms with Gasteiger partial charge in [0.1, 0.15) is 0 Å². The molecular formula is C13H17ClN4OS. The molecule has 1 aliphatic rings. The van der Waals surface area contributed by atoms with Crippen molar-refractivity contribution in [1.82, 2.24) is 20.4 Å². The zero-order chi connectivity index (χ0) is 13.1. The van der Waals surface area contributed by atoms with E-state index in [9.17, 15) is 0 Å². The van der Waals surface area contributed by atoms with Crippen molar-refractivity contribution in [2.75, 3.05) is 26.7 Å². The highest BCUT2D eigenvalue weighted by Gasteiger charge is 2.24. The van der Waals surface area contributed by atoms with Crippen molar-refractivity contribution in [3.63, 3.8) is 0 Å². The fourth-order valence-corrected chi connectivity index (χ4v) is 2.71. The molecule has 0 amide bonds. The smallest absolute Gasteiger partial charge is 0.250 e. The lowest BCUT2D eigenvalue weighted by Gasteiger charge is -2.30. The summed E-state index contributed by atoms with van der Waals surface area (Å²) < 4.78 is 5.27. The zero-order valence-electron chi connectivity index (χ0n) is 11.2. The van der Waals surface area contributed by atoms with Crippen molar-refractivity contribution >= 4 is 35.9 Å². The van der Waals surface area contributed by atoms with Crippen LogP contribution in [0.25, 0.3) is 12.2 Å². The van der Waals surface area contributed by atoms with Crippen molar-refractivity contribution in [3.05, 3.63) is 34.1 Å². The maximum absolute atomic E-state index is 5.27. The summed E-state index contributed by atoms with van der Waals surface area (Å²) in [5.74, 6) is 1.31. The predicted molar refractivity (Wildman–Crippen MR) is 83.0 cm³/mol. The van der Waals surface area contributed by atoms with Gasteiger partial charge in [-0.15, -0.1) is 12.4 Å². The van der Waals surface area contributed by atoms with Crippen LogP contribution in [0.5, 0.6) is 0 Å². The minimum atomic E-state index is 0. The first kappa shape index (κ1) is 15.2. The highest BCUT2D eigenvalue weighted by Crippen LogP contribution is 2.18. The Bertz CT molecular complexity index is 554. The molecular weight excluding hydrogens is 296 g/mol. The van der Waals surface area contributed by atoms with E-state index in [0.717, 1.165) is 31.0 Å². The van der Waals surface area contributed by atoms with Crippen LogP contribution in [0.1, 0.15) is 23.3 Å². The summed E-state index contributed by atoms with van der Waals surface area (Å²) >= 11 is 1.67. The number of hydrogen-bond acceptors (Lipinski definition) is 6. The fourth-order valence-electron chi connectivity index (χ4n) is 2.08. The van der Waals surface area contributed by atoms with E-state index in [4.69, 9.17) is 4.52 Å². The number of rotatable bonds is 3. The van der Waals surface area contributed by atoms with E-state index in [2.05, 4.69) is 38.9 Å². The van der Waals surface area contributed by atoms with Gasteiger partial charge in [0, 0.05) is 25.7 Å². The second-order valence-electron chi connectivity index (χ2n) is 4.58. The first-order valence-electron chi connectivity index (χ1n) is 6.28. The standard InChI is InChI=1S/C13H16N4OS.ClH/c1-17-6-5-14-8-11(17)13-15-12(18-16-13)3-2-10-4-7-19-9-10;/h2-4,7,9,11,14H,5-6,8H2,1H3;1H/b3-2+;. The quantitative estimate of drug-likeness (QED) is 0.942. The van der Waals surface area contributed by atoms with E-state index < -0.39 is 0 Å². The molecule has 0 saturated carbocycles. The molecule has 3 heterocycles. The summed E-state index contributed by atoms with van der Waals surface area (Å²) in [6.07, 6.45) is 3.84. The largest absolute Gasteiger partial charge is 0.335 e. The predicted octanol–water partition coefficient (Wildman–Crippen LogP) is 2.30. The highest BCUT2D eigenvalue weighted by atomic mass is 35.5. The number of likely N-dealkylation sites (N-methyl/N-ethyl adjacent to an activating group) is 1. The van der Waals surface area contributed by atoms with Gasteiger partial charge >= 0.3 is 0 Å². The number of aromatic nitrogens is 2. The fraction of sp³-hybridized carbons (Fsp3) is 0.385. The minimum Gasteiger partial charge on any atom is -0.335 e. The van der Waals surface area contributed by atoms with Gasteiger partial charge in [-0.3, -0.25) is 4.90 Å². The lowest BCUT2D eigenvalue weighted by Crippen LogP contribution is -2.44. The van der Waals surface area contributed by atoms with E-state index in [1.54, 1.807) is 11.3 Å². The van der Waals surface area contributed by atoms with Crippen molar-refractivity contribution in [2.24, 2.45) is 0 Å². The van der Waals surface area contributed by atoms with Crippen LogP contribution in [0.2, 0.25) is 0 Å². The third-order valence-electron chi connectivity index (χ3n) is 3.23. The Balaban J connectivity index is 0.00000147. The van der Waals surface area contributed by atoms with Crippen LogP contribution in [0.4, 0.5) is 0 Å². The van der Waals surface area contributed by atoms with Gasteiger partial charge in [-0.25, -0.2) is 0 Å². The molecule has 1 fully saturated rings. The summed E-state index contributed by atoms with van der Waals surface area (Å²) in [4.78, 5) is 6.68. The summed E-state index contributed by atoms with van der Waals surface area (Å²) in [5, 5.41) is 11.5. The van der Waals surface area contributed by atoms with Gasteiger partial charge in [-0.2, -0.15) is 16.3 Å². The molecule has 0 radical (unpaired) electrons. The number of nitrogens with zero attached hydrogens (tertiary/aromatic N) is 3. The average Bonchev–Trinajstić information content (AvgIpc) is 3.08. The van der Waals surface area contributed by atoms with Crippen molar-refractivity contribution < 1.29 is 4.52 Å². The molecule has 5 nitrogen and oxygen atoms in total. The number of halogens is 1. The van der Waals surface area contributed by atoms with Gasteiger partial charge in [0.25, 0.3) is 5.89 Å². The molecule has 3 rings (SSSR count). The number of nitrogens with one attached hydrogen (secondary N) is 1. The topological polar surface area (TPSA) is 54.2 Å². The van der Waals surface area contributed by atoms with Crippen LogP contribution in [0.15, 0.2) is 21.3 Å². The summed E-state index contributed by atoms with van der Waals surface area (Å²) in [6.45, 7) is 2.87. The molecule has 2 aromatic rings. The maximum atomic E-state index is 5.27. The molecule has 1 saturated heterocycles. The van der Waals surface area contributed by atoms with Crippen LogP contribution in [-0.4, -0.2) is 41.7 Å². The first-order chi connectivity index (χ1) is 9.33. The molecule has 0 spiro atoms. The van der Waals surface area contributed by atoms with Gasteiger partial charge in [0.05, 0.1) is 6.04 Å². The Morgan fingerprint density at radius 3 is 3.15 bits per heavy atom. The summed E-state index contributed by atoms with van der Waals surface area (Å²) in [7, 11) is 2.09. The van der Waals surface area contributed by atoms with Gasteiger partial charge in [-0.05, 0) is 35.5 Å². The Kier molecular flexibility index (Phi) is 5.31. The Labute approximate surface area is 128 Å². The Morgan fingerprint density at radius 2 is 2.40 bits per heavy atom. The number of hydrogen-bond donors (Lipinski definition) is 1. The van der Waals surface area contributed by atoms with Crippen LogP contribution in [0.3, 0.4) is 0 Å². The van der Waals surface area contributed by atoms with E-state index in [-0.39, 0.29) is 18.4 Å². The second-order valence-corrected chi connectivity index (χ2v) is 5.36. The van der Waals surface area contributed by atoms with E-state index in [1.165, 1.54) is 0 Å². The Hall–Kier alpha value is -1.21. The summed E-state index contributed by atoms with van der Waals surface area (Å²) in [5.41, 5.74) is 1.15. The maximum Gasteiger partial charge on any atom is 0.250 e. The first-order valence-corrected chi connectivity index (χ1v) is 7.22. The number of piperazine rings is 1. The molecule has 20 heavy (non-hydrogen) atoms. The highest BCUT2D eigenvalue weighted by molar-refractivity contribution is 7.08. The van der Waals surface area contributed by atoms with E-state index in [0.29, 0.717) is 5.89 Å². The molecule has 0 bridgehead atoms. The van der Waals surface area contributed by atoms with Crippen LogP contribution in [0, 0.1) is 0 Å². The molecule has 2 aromatic heterocycles. The van der Waals surface area contributed by atoms with E-state index >= 15 is 0 Å². The normalized spacial score (nSPS) is 20.1. The monoisotopic (exact) mass is 312 g/mol. The number of thiophene rings is 1. The van der Waals surface area contributed by atoms with Crippen molar-refractivity contribution in [1.29, 1.82) is 0 Å². The van der Waals surface area contributed by atoms with Gasteiger partial charge < -0.3 is 9.84 Å². The minimum absolute atomic E-state index is 0. The van der Waals surface area contributed by atoms with E-state index in [1.807, 2.05) is 17.5 Å². The van der Waals surface area contributed by atoms with Crippen LogP contribution >= 0.6 is 23.7 Å². The van der Waals surface area contributed by atoms with Crippen LogP contribution < -0.4 is 5.32 Å². The van der Waals surface area contributed by atoms with Crippen molar-refractivity contribution in [2.45, 2.75) is 6.04 Å². The molecule has 1 N–H and O–H groups in total. The summed E-state index contributed by atoms with van der Waals surface area (Å²) in [6, 6.07) is 2.25. The lowest BCUT2D eigenvalue weighted by atomic mass is 10.2. The molecule has 0 aliphatic carbocycles. The molecule has 108 valence electrons. The van der Waals surface area contributed by atoms with Crippen LogP contribution in [-0.2, 0) is 0 Å². The Morgan fingerprint density at radius 1 is 1.50 bits per heavy atom. The average molecular weight is 313 g/mol. The third-order valence-corrected chi connectivity index (χ3v) is 3.93. The molecule has 1 unspecified atom stereocenters. The molecule has 7 heteroatoms. The van der Waals surface area contributed by atoms with Gasteiger partial charge in [0.15, 0.2) is 5.82 Å². The van der Waals surface area contributed by atoms with Gasteiger partial charge in [0.2, 0.25) is 0 Å². The lowest BCUT2D eigenvalue weighted by molar-refractivity contribution is 0.190. The zero-order valence-corrected chi connectivity index (χ0v) is 12.8. The molecule has 1 atom stereocenters. The third kappa shape index (κ3) is 3.46. The molecule has 0 aromatic carbocycles. The van der Waals surface area contributed by atoms with Crippen molar-refractivity contribution in [3.8, 4) is 0 Å².